The van der Waals surface area contributed by atoms with E-state index < -0.39 is 38.4 Å². The lowest BCUT2D eigenvalue weighted by molar-refractivity contribution is 0.184. The lowest BCUT2D eigenvalue weighted by Crippen LogP contribution is -2.28. The van der Waals surface area contributed by atoms with E-state index in [-0.39, 0.29) is 0 Å². The van der Waals surface area contributed by atoms with Gasteiger partial charge in [-0.05, 0) is 13.3 Å². The Kier molecular flexibility index (Phi) is 5.05. The van der Waals surface area contributed by atoms with Crippen LogP contribution in [0, 0.1) is 0 Å². The van der Waals surface area contributed by atoms with Crippen LogP contribution >= 0.6 is 27.8 Å². The van der Waals surface area contributed by atoms with Gasteiger partial charge in [-0.2, -0.15) is 12.6 Å². The van der Waals surface area contributed by atoms with Crippen molar-refractivity contribution in [3.63, 3.8) is 0 Å². The summed E-state index contributed by atoms with van der Waals surface area (Å²) in [5.74, 6) is -1.97. The average Bonchev–Trinajstić information content (AvgIpc) is 1.76. The molecule has 2 unspecified atom stereocenters. The van der Waals surface area contributed by atoms with Gasteiger partial charge in [0.15, 0.2) is 5.85 Å². The summed E-state index contributed by atoms with van der Waals surface area (Å²) in [6, 6.07) is 0. The summed E-state index contributed by atoms with van der Waals surface area (Å²) in [6.45, 7) is 1.29. The number of aliphatic hydroxyl groups excluding tert-OH is 1. The molecule has 7 nitrogen and oxygen atoms in total. The second-order valence-electron chi connectivity index (χ2n) is 3.59. The molecule has 0 spiro atoms. The van der Waals surface area contributed by atoms with Crippen molar-refractivity contribution in [2.24, 2.45) is 0 Å². The van der Waals surface area contributed by atoms with E-state index in [1.807, 2.05) is 0 Å². The molecule has 0 aromatic heterocycles. The molecule has 5 N–H and O–H groups in total. The third kappa shape index (κ3) is 7.49. The van der Waals surface area contributed by atoms with Crippen LogP contribution in [0.25, 0.3) is 0 Å². The van der Waals surface area contributed by atoms with Gasteiger partial charge in [0.25, 0.3) is 0 Å². The molecule has 0 aliphatic heterocycles. The number of rotatable bonds is 5. The number of hydrogen-bond acceptors (Lipinski definition) is 4. The van der Waals surface area contributed by atoms with Crippen molar-refractivity contribution in [1.29, 1.82) is 0 Å². The molecule has 0 saturated carbocycles. The molecule has 15 heavy (non-hydrogen) atoms. The number of thiol groups is 1. The zero-order chi connectivity index (χ0) is 12.5. The monoisotopic (exact) mass is 280 g/mol. The third-order valence-electron chi connectivity index (χ3n) is 1.56. The van der Waals surface area contributed by atoms with E-state index in [2.05, 4.69) is 12.6 Å². The van der Waals surface area contributed by atoms with E-state index in [1.165, 1.54) is 6.92 Å². The Hall–Kier alpha value is 0.610. The van der Waals surface area contributed by atoms with Gasteiger partial charge in [-0.15, -0.1) is 0 Å². The molecule has 0 radical (unpaired) electrons. The summed E-state index contributed by atoms with van der Waals surface area (Å²) in [7, 11) is -9.00. The van der Waals surface area contributed by atoms with E-state index in [1.54, 1.807) is 0 Å². The number of aliphatic hydroxyl groups is 1. The van der Waals surface area contributed by atoms with Crippen LogP contribution in [-0.4, -0.2) is 41.4 Å². The van der Waals surface area contributed by atoms with Crippen molar-refractivity contribution in [1.82, 2.24) is 0 Å². The SMILES string of the molecule is CC(S)(CC(O)P(=O)(O)O)CP(=O)(O)O. The van der Waals surface area contributed by atoms with Crippen LogP contribution in [0.3, 0.4) is 0 Å². The van der Waals surface area contributed by atoms with E-state index in [4.69, 9.17) is 24.7 Å². The molecule has 0 heterocycles. The highest BCUT2D eigenvalue weighted by atomic mass is 32.1. The van der Waals surface area contributed by atoms with Crippen molar-refractivity contribution in [2.45, 2.75) is 23.9 Å². The fourth-order valence-electron chi connectivity index (χ4n) is 1.02. The smallest absolute Gasteiger partial charge is 0.353 e. The molecule has 0 saturated heterocycles. The lowest BCUT2D eigenvalue weighted by atomic mass is 10.1. The summed E-state index contributed by atoms with van der Waals surface area (Å²) >= 11 is 3.86. The maximum atomic E-state index is 10.6. The molecule has 0 bridgehead atoms. The van der Waals surface area contributed by atoms with Gasteiger partial charge in [-0.3, -0.25) is 9.13 Å². The van der Waals surface area contributed by atoms with E-state index >= 15 is 0 Å². The highest BCUT2D eigenvalue weighted by Gasteiger charge is 2.37. The van der Waals surface area contributed by atoms with Gasteiger partial charge in [-0.25, -0.2) is 0 Å². The predicted octanol–water partition coefficient (Wildman–Crippen LogP) is -0.261. The molecule has 0 fully saturated rings. The number of hydrogen-bond donors (Lipinski definition) is 6. The molecule has 10 heteroatoms. The van der Waals surface area contributed by atoms with Gasteiger partial charge in [0.05, 0.1) is 6.16 Å². The normalized spacial score (nSPS) is 19.7. The second-order valence-corrected chi connectivity index (χ2v) is 8.09. The summed E-state index contributed by atoms with van der Waals surface area (Å²) in [5.41, 5.74) is 0. The van der Waals surface area contributed by atoms with Crippen LogP contribution in [0.4, 0.5) is 0 Å². The lowest BCUT2D eigenvalue weighted by Gasteiger charge is -2.26. The first-order chi connectivity index (χ1) is 6.33. The molecular weight excluding hydrogens is 266 g/mol. The predicted molar refractivity (Wildman–Crippen MR) is 57.0 cm³/mol. The summed E-state index contributed by atoms with van der Waals surface area (Å²) < 4.78 is 19.9. The van der Waals surface area contributed by atoms with Crippen molar-refractivity contribution < 1.29 is 33.8 Å². The van der Waals surface area contributed by atoms with Gasteiger partial charge in [0, 0.05) is 4.75 Å². The minimum atomic E-state index is -4.66. The standard InChI is InChI=1S/C5H14O7P2S/c1-5(15,3-13(7,8)9)2-4(6)14(10,11)12/h4,6,15H,2-3H2,1H3,(H2,7,8,9)(H2,10,11,12). The Morgan fingerprint density at radius 2 is 1.67 bits per heavy atom. The second kappa shape index (κ2) is 4.85. The van der Waals surface area contributed by atoms with Crippen LogP contribution in [0.1, 0.15) is 13.3 Å². The largest absolute Gasteiger partial charge is 0.380 e. The first-order valence-electron chi connectivity index (χ1n) is 3.84. The quantitative estimate of drug-likeness (QED) is 0.301. The van der Waals surface area contributed by atoms with Crippen LogP contribution in [0.2, 0.25) is 0 Å². The first kappa shape index (κ1) is 15.6. The maximum Gasteiger partial charge on any atom is 0.353 e. The van der Waals surface area contributed by atoms with Crippen molar-refractivity contribution in [2.75, 3.05) is 6.16 Å². The van der Waals surface area contributed by atoms with E-state index in [9.17, 15) is 9.13 Å². The van der Waals surface area contributed by atoms with Crippen molar-refractivity contribution in [3.8, 4) is 0 Å². The van der Waals surface area contributed by atoms with Crippen LogP contribution < -0.4 is 0 Å². The minimum absolute atomic E-state index is 0.508. The maximum absolute atomic E-state index is 10.6. The molecule has 2 atom stereocenters. The first-order valence-corrected chi connectivity index (χ1v) is 7.76. The van der Waals surface area contributed by atoms with Crippen molar-refractivity contribution >= 4 is 27.8 Å². The Balaban J connectivity index is 4.52. The Labute approximate surface area is 92.3 Å². The molecule has 0 amide bonds. The van der Waals surface area contributed by atoms with Crippen LogP contribution in [0.15, 0.2) is 0 Å². The summed E-state index contributed by atoms with van der Waals surface area (Å²) in [5, 5.41) is 9.05. The Bertz CT molecular complexity index is 305. The highest BCUT2D eigenvalue weighted by molar-refractivity contribution is 7.82. The van der Waals surface area contributed by atoms with Gasteiger partial charge in [-0.1, -0.05) is 0 Å². The fraction of sp³-hybridized carbons (Fsp3) is 1.00. The molecule has 0 aliphatic carbocycles. The van der Waals surface area contributed by atoms with Gasteiger partial charge in [0.2, 0.25) is 0 Å². The van der Waals surface area contributed by atoms with Crippen LogP contribution in [0.5, 0.6) is 0 Å². The minimum Gasteiger partial charge on any atom is -0.380 e. The highest BCUT2D eigenvalue weighted by Crippen LogP contribution is 2.48. The van der Waals surface area contributed by atoms with Gasteiger partial charge in [0.1, 0.15) is 0 Å². The Morgan fingerprint density at radius 1 is 1.27 bits per heavy atom. The third-order valence-corrected chi connectivity index (χ3v) is 4.22. The molecular formula is C5H14O7P2S. The zero-order valence-corrected chi connectivity index (χ0v) is 10.6. The van der Waals surface area contributed by atoms with Gasteiger partial charge >= 0.3 is 15.2 Å². The van der Waals surface area contributed by atoms with E-state index in [0.29, 0.717) is 0 Å². The molecule has 0 aromatic rings. The Morgan fingerprint density at radius 3 is 1.93 bits per heavy atom. The molecule has 0 aromatic carbocycles. The topological polar surface area (TPSA) is 135 Å². The molecule has 92 valence electrons. The van der Waals surface area contributed by atoms with E-state index in [0.717, 1.165) is 0 Å². The average molecular weight is 280 g/mol. The molecule has 0 rings (SSSR count). The summed E-state index contributed by atoms with van der Waals surface area (Å²) in [6.07, 6.45) is -1.17. The fourth-order valence-corrected chi connectivity index (χ4v) is 3.55. The zero-order valence-electron chi connectivity index (χ0n) is 7.89. The summed E-state index contributed by atoms with van der Waals surface area (Å²) in [4.78, 5) is 34.5. The van der Waals surface area contributed by atoms with Crippen LogP contribution in [-0.2, 0) is 9.13 Å². The van der Waals surface area contributed by atoms with Gasteiger partial charge < -0.3 is 24.7 Å². The molecule has 0 aliphatic rings. The van der Waals surface area contributed by atoms with Crippen molar-refractivity contribution in [3.05, 3.63) is 0 Å².